The maximum absolute atomic E-state index is 11.4. The Labute approximate surface area is 79.4 Å². The van der Waals surface area contributed by atoms with E-state index in [1.165, 1.54) is 12.3 Å². The highest BCUT2D eigenvalue weighted by Gasteiger charge is 2.43. The van der Waals surface area contributed by atoms with Gasteiger partial charge in [0.2, 0.25) is 11.5 Å². The van der Waals surface area contributed by atoms with E-state index < -0.39 is 17.1 Å². The van der Waals surface area contributed by atoms with Gasteiger partial charge >= 0.3 is 5.70 Å². The molecule has 1 N–H and O–H groups in total. The first-order chi connectivity index (χ1) is 6.61. The first-order valence-electron chi connectivity index (χ1n) is 4.13. The fraction of sp³-hybridized carbons (Fsp3) is 0.375. The van der Waals surface area contributed by atoms with E-state index in [9.17, 15) is 14.9 Å². The molecule has 2 aliphatic rings. The highest BCUT2D eigenvalue weighted by molar-refractivity contribution is 5.93. The zero-order valence-corrected chi connectivity index (χ0v) is 7.39. The molecule has 0 radical (unpaired) electrons. The molecule has 0 amide bonds. The minimum Gasteiger partial charge on any atom is -0.478 e. The maximum Gasteiger partial charge on any atom is 0.310 e. The summed E-state index contributed by atoms with van der Waals surface area (Å²) in [4.78, 5) is 21.5. The van der Waals surface area contributed by atoms with Crippen LogP contribution in [0.5, 0.6) is 0 Å². The molecule has 0 saturated carbocycles. The molecule has 0 aromatic heterocycles. The van der Waals surface area contributed by atoms with Gasteiger partial charge in [0, 0.05) is 12.3 Å². The first-order valence-corrected chi connectivity index (χ1v) is 4.13. The van der Waals surface area contributed by atoms with Gasteiger partial charge in [-0.2, -0.15) is 0 Å². The fourth-order valence-corrected chi connectivity index (χ4v) is 1.50. The number of hydrogen-bond donors (Lipinski definition) is 1. The number of rotatable bonds is 1. The van der Waals surface area contributed by atoms with E-state index in [1.807, 2.05) is 0 Å². The molecule has 0 bridgehead atoms. The van der Waals surface area contributed by atoms with Crippen molar-refractivity contribution >= 4 is 5.78 Å². The molecule has 2 heterocycles. The van der Waals surface area contributed by atoms with Crippen LogP contribution in [-0.4, -0.2) is 22.9 Å². The Balaban J connectivity index is 2.45. The second kappa shape index (κ2) is 2.83. The molecule has 0 aliphatic carbocycles. The normalized spacial score (nSPS) is 29.6. The van der Waals surface area contributed by atoms with Gasteiger partial charge in [-0.05, 0) is 6.92 Å². The number of carbonyl (C=O) groups excluding carboxylic acids is 1. The first kappa shape index (κ1) is 8.74. The summed E-state index contributed by atoms with van der Waals surface area (Å²) >= 11 is 0. The van der Waals surface area contributed by atoms with Crippen molar-refractivity contribution in [3.8, 4) is 0 Å². The van der Waals surface area contributed by atoms with Crippen LogP contribution in [0.4, 0.5) is 0 Å². The molecular formula is C8H8N2O4. The van der Waals surface area contributed by atoms with Crippen molar-refractivity contribution in [2.24, 2.45) is 0 Å². The van der Waals surface area contributed by atoms with Crippen molar-refractivity contribution in [3.63, 3.8) is 0 Å². The van der Waals surface area contributed by atoms with Crippen LogP contribution in [-0.2, 0) is 9.53 Å². The lowest BCUT2D eigenvalue weighted by Crippen LogP contribution is -2.35. The lowest BCUT2D eigenvalue weighted by molar-refractivity contribution is -0.422. The number of allylic oxidation sites excluding steroid dienone is 1. The van der Waals surface area contributed by atoms with Gasteiger partial charge in [-0.15, -0.1) is 0 Å². The lowest BCUT2D eigenvalue weighted by atomic mass is 10.1. The molecule has 1 saturated heterocycles. The van der Waals surface area contributed by atoms with Crippen molar-refractivity contribution in [1.29, 1.82) is 0 Å². The van der Waals surface area contributed by atoms with Crippen molar-refractivity contribution in [1.82, 2.24) is 5.32 Å². The zero-order valence-electron chi connectivity index (χ0n) is 7.39. The van der Waals surface area contributed by atoms with Crippen LogP contribution in [0.3, 0.4) is 0 Å². The number of Topliss-reactive ketones (excluding diaryl/α,β-unsaturated/α-hetero) is 1. The molecule has 74 valence electrons. The molecule has 2 rings (SSSR count). The minimum absolute atomic E-state index is 0.120. The van der Waals surface area contributed by atoms with Gasteiger partial charge in [0.15, 0.2) is 12.1 Å². The van der Waals surface area contributed by atoms with Gasteiger partial charge in [0.05, 0.1) is 4.92 Å². The summed E-state index contributed by atoms with van der Waals surface area (Å²) in [5, 5.41) is 13.3. The van der Waals surface area contributed by atoms with Gasteiger partial charge in [-0.25, -0.2) is 0 Å². The number of nitro groups is 1. The molecule has 6 heteroatoms. The number of dihydropyridines is 1. The highest BCUT2D eigenvalue weighted by Crippen LogP contribution is 2.26. The van der Waals surface area contributed by atoms with Crippen LogP contribution in [0.1, 0.15) is 6.92 Å². The summed E-state index contributed by atoms with van der Waals surface area (Å²) in [5.41, 5.74) is -0.147. The second-order valence-electron chi connectivity index (χ2n) is 3.10. The molecule has 2 atom stereocenters. The maximum atomic E-state index is 11.4. The zero-order chi connectivity index (χ0) is 10.3. The average molecular weight is 196 g/mol. The summed E-state index contributed by atoms with van der Waals surface area (Å²) in [6.45, 7) is 1.58. The highest BCUT2D eigenvalue weighted by atomic mass is 16.6. The monoisotopic (exact) mass is 196 g/mol. The summed E-state index contributed by atoms with van der Waals surface area (Å²) in [7, 11) is 0. The molecular weight excluding hydrogens is 188 g/mol. The molecule has 0 aromatic rings. The Bertz CT molecular complexity index is 372. The molecule has 14 heavy (non-hydrogen) atoms. The molecule has 2 aliphatic heterocycles. The predicted octanol–water partition coefficient (Wildman–Crippen LogP) is -0.0520. The Morgan fingerprint density at radius 1 is 1.64 bits per heavy atom. The van der Waals surface area contributed by atoms with Crippen LogP contribution in [0.15, 0.2) is 23.7 Å². The van der Waals surface area contributed by atoms with Crippen molar-refractivity contribution in [2.75, 3.05) is 0 Å². The second-order valence-corrected chi connectivity index (χ2v) is 3.10. The average Bonchev–Trinajstić information content (AvgIpc) is 2.43. The quantitative estimate of drug-likeness (QED) is 0.469. The van der Waals surface area contributed by atoms with Gasteiger partial charge in [0.25, 0.3) is 0 Å². The van der Waals surface area contributed by atoms with Crippen LogP contribution in [0, 0.1) is 10.1 Å². The Kier molecular flexibility index (Phi) is 1.77. The number of hydrogen-bond acceptors (Lipinski definition) is 5. The SMILES string of the molecule is CC1OC2=C([N+](=O)[O-])C=CNC2C1=O. The van der Waals surface area contributed by atoms with Crippen molar-refractivity contribution < 1.29 is 14.5 Å². The number of ether oxygens (including phenoxy) is 1. The van der Waals surface area contributed by atoms with Crippen LogP contribution in [0.2, 0.25) is 0 Å². The smallest absolute Gasteiger partial charge is 0.310 e. The molecule has 1 fully saturated rings. The topological polar surface area (TPSA) is 81.5 Å². The number of fused-ring (bicyclic) bond motifs is 1. The number of nitrogens with one attached hydrogen (secondary N) is 1. The van der Waals surface area contributed by atoms with Gasteiger partial charge in [0.1, 0.15) is 0 Å². The van der Waals surface area contributed by atoms with Gasteiger partial charge in [-0.1, -0.05) is 0 Å². The third kappa shape index (κ3) is 1.07. The van der Waals surface area contributed by atoms with E-state index in [2.05, 4.69) is 5.32 Å². The van der Waals surface area contributed by atoms with Gasteiger partial charge < -0.3 is 10.1 Å². The summed E-state index contributed by atoms with van der Waals surface area (Å²) in [5.74, 6) is -0.0568. The largest absolute Gasteiger partial charge is 0.478 e. The van der Waals surface area contributed by atoms with Crippen LogP contribution >= 0.6 is 0 Å². The Morgan fingerprint density at radius 3 is 3.00 bits per heavy atom. The van der Waals surface area contributed by atoms with E-state index in [4.69, 9.17) is 4.74 Å². The van der Waals surface area contributed by atoms with E-state index in [0.717, 1.165) is 0 Å². The van der Waals surface area contributed by atoms with Crippen molar-refractivity contribution in [3.05, 3.63) is 33.8 Å². The number of ketones is 1. The van der Waals surface area contributed by atoms with E-state index in [1.54, 1.807) is 6.92 Å². The fourth-order valence-electron chi connectivity index (χ4n) is 1.50. The number of nitrogens with zero attached hydrogens (tertiary/aromatic N) is 1. The third-order valence-electron chi connectivity index (χ3n) is 2.20. The van der Waals surface area contributed by atoms with Crippen molar-refractivity contribution in [2.45, 2.75) is 19.1 Å². The van der Waals surface area contributed by atoms with E-state index >= 15 is 0 Å². The Morgan fingerprint density at radius 2 is 2.36 bits per heavy atom. The standard InChI is InChI=1S/C8H8N2O4/c1-4-7(11)6-8(14-4)5(10(12)13)2-3-9-6/h2-4,6,9H,1H3. The molecule has 6 nitrogen and oxygen atoms in total. The molecule has 2 unspecified atom stereocenters. The predicted molar refractivity (Wildman–Crippen MR) is 45.6 cm³/mol. The lowest BCUT2D eigenvalue weighted by Gasteiger charge is -2.11. The Hall–Kier alpha value is -1.85. The minimum atomic E-state index is -0.685. The summed E-state index contributed by atoms with van der Waals surface area (Å²) < 4.78 is 5.13. The van der Waals surface area contributed by atoms with Crippen LogP contribution in [0.25, 0.3) is 0 Å². The number of carbonyl (C=O) groups is 1. The third-order valence-corrected chi connectivity index (χ3v) is 2.20. The van der Waals surface area contributed by atoms with Crippen LogP contribution < -0.4 is 5.32 Å². The molecule has 0 spiro atoms. The van der Waals surface area contributed by atoms with Gasteiger partial charge in [-0.3, -0.25) is 14.9 Å². The molecule has 0 aromatic carbocycles. The van der Waals surface area contributed by atoms with E-state index in [0.29, 0.717) is 0 Å². The summed E-state index contributed by atoms with van der Waals surface area (Å²) in [6, 6.07) is -0.685. The summed E-state index contributed by atoms with van der Waals surface area (Å²) in [6.07, 6.45) is 2.07. The van der Waals surface area contributed by atoms with E-state index in [-0.39, 0.29) is 17.2 Å².